The number of pyridine rings is 1. The highest BCUT2D eigenvalue weighted by Gasteiger charge is 2.48. The van der Waals surface area contributed by atoms with Gasteiger partial charge in [0.15, 0.2) is 6.10 Å². The van der Waals surface area contributed by atoms with Crippen molar-refractivity contribution in [2.75, 3.05) is 25.1 Å². The first-order valence-electron chi connectivity index (χ1n) is 11.6. The van der Waals surface area contributed by atoms with Crippen LogP contribution in [0.3, 0.4) is 0 Å². The quantitative estimate of drug-likeness (QED) is 0.261. The lowest BCUT2D eigenvalue weighted by Gasteiger charge is -2.38. The van der Waals surface area contributed by atoms with Crippen molar-refractivity contribution < 1.29 is 49.0 Å². The summed E-state index contributed by atoms with van der Waals surface area (Å²) in [6, 6.07) is 10.5. The lowest BCUT2D eigenvalue weighted by molar-refractivity contribution is -0.271. The Balaban J connectivity index is 1.24. The normalized spacial score (nSPS) is 27.1. The van der Waals surface area contributed by atoms with Crippen LogP contribution in [0.5, 0.6) is 11.5 Å². The monoisotopic (exact) mass is 549 g/mol. The van der Waals surface area contributed by atoms with E-state index in [2.05, 4.69) is 10.3 Å². The van der Waals surface area contributed by atoms with Gasteiger partial charge in [-0.3, -0.25) is 14.9 Å². The van der Waals surface area contributed by atoms with Crippen LogP contribution in [0.25, 0.3) is 0 Å². The molecule has 0 bridgehead atoms. The summed E-state index contributed by atoms with van der Waals surface area (Å²) >= 11 is 0.990. The number of imide groups is 1. The van der Waals surface area contributed by atoms with E-state index in [1.165, 1.54) is 12.3 Å². The Hall–Kier alpha value is -3.43. The molecule has 0 saturated carbocycles. The SMILES string of the molecule is CN(CCOc1ccc(C[C@@H]2SC(=O)NC2=O)cc1)c1ccc(O[C@@H]2O[C@H](C(=O)O)[C@H](O)[C@H](O)[C@@H]2O)cn1. The number of amides is 2. The third kappa shape index (κ3) is 6.52. The maximum atomic E-state index is 11.7. The summed E-state index contributed by atoms with van der Waals surface area (Å²) in [6.07, 6.45) is -6.70. The Morgan fingerprint density at radius 1 is 1.08 bits per heavy atom. The lowest BCUT2D eigenvalue weighted by atomic mass is 9.99. The van der Waals surface area contributed by atoms with Crippen molar-refractivity contribution in [1.29, 1.82) is 0 Å². The van der Waals surface area contributed by atoms with Crippen LogP contribution in [-0.4, -0.2) is 98.7 Å². The molecular formula is C24H27N3O10S. The number of thioether (sulfide) groups is 1. The maximum Gasteiger partial charge on any atom is 0.335 e. The number of hydrogen-bond donors (Lipinski definition) is 5. The van der Waals surface area contributed by atoms with Crippen molar-refractivity contribution in [3.05, 3.63) is 48.2 Å². The number of carboxylic acids is 1. The highest BCUT2D eigenvalue weighted by atomic mass is 32.2. The van der Waals surface area contributed by atoms with Gasteiger partial charge in [-0.15, -0.1) is 0 Å². The Kier molecular flexibility index (Phi) is 8.69. The molecule has 2 aromatic rings. The molecule has 0 radical (unpaired) electrons. The third-order valence-electron chi connectivity index (χ3n) is 5.98. The summed E-state index contributed by atoms with van der Waals surface area (Å²) in [6.45, 7) is 0.842. The van der Waals surface area contributed by atoms with Crippen LogP contribution in [0.15, 0.2) is 42.6 Å². The van der Waals surface area contributed by atoms with Crippen molar-refractivity contribution in [2.24, 2.45) is 0 Å². The van der Waals surface area contributed by atoms with Gasteiger partial charge in [0.25, 0.3) is 5.24 Å². The van der Waals surface area contributed by atoms with E-state index in [1.807, 2.05) is 24.1 Å². The van der Waals surface area contributed by atoms with Gasteiger partial charge in [-0.2, -0.15) is 0 Å². The molecule has 2 aliphatic heterocycles. The number of nitrogens with one attached hydrogen (secondary N) is 1. The van der Waals surface area contributed by atoms with E-state index < -0.39 is 41.9 Å². The van der Waals surface area contributed by atoms with E-state index >= 15 is 0 Å². The van der Waals surface area contributed by atoms with Gasteiger partial charge in [-0.1, -0.05) is 23.9 Å². The van der Waals surface area contributed by atoms with Gasteiger partial charge in [-0.25, -0.2) is 9.78 Å². The third-order valence-corrected chi connectivity index (χ3v) is 6.97. The number of carboxylic acid groups (broad SMARTS) is 1. The molecule has 2 fully saturated rings. The van der Waals surface area contributed by atoms with Crippen molar-refractivity contribution >= 4 is 34.7 Å². The fourth-order valence-corrected chi connectivity index (χ4v) is 4.69. The number of anilines is 1. The Morgan fingerprint density at radius 2 is 1.79 bits per heavy atom. The molecule has 1 aromatic heterocycles. The predicted molar refractivity (Wildman–Crippen MR) is 133 cm³/mol. The van der Waals surface area contributed by atoms with E-state index in [0.717, 1.165) is 17.3 Å². The minimum Gasteiger partial charge on any atom is -0.492 e. The van der Waals surface area contributed by atoms with Crippen molar-refractivity contribution in [3.8, 4) is 11.5 Å². The van der Waals surface area contributed by atoms with Gasteiger partial charge in [-0.05, 0) is 36.2 Å². The fourth-order valence-electron chi connectivity index (χ4n) is 3.83. The molecule has 5 N–H and O–H groups in total. The van der Waals surface area contributed by atoms with E-state index in [4.69, 9.17) is 19.3 Å². The number of aliphatic hydroxyl groups is 3. The minimum absolute atomic E-state index is 0.160. The van der Waals surface area contributed by atoms with Crippen LogP contribution in [0, 0.1) is 0 Å². The van der Waals surface area contributed by atoms with E-state index in [1.54, 1.807) is 18.2 Å². The second kappa shape index (κ2) is 12.0. The molecule has 6 atom stereocenters. The standard InChI is InChI=1S/C24H27N3O10S/c1-27(8-9-35-13-4-2-12(3-5-13)10-15-21(31)26-24(34)38-15)16-7-6-14(11-25-16)36-23-19(30)17(28)18(29)20(37-23)22(32)33/h2-7,11,15,17-20,23,28-30H,8-10H2,1H3,(H,32,33)(H,26,31,34)/t15-,17-,18+,19-,20-,23+/m0/s1. The molecule has 1 aromatic carbocycles. The van der Waals surface area contributed by atoms with E-state index in [0.29, 0.717) is 31.1 Å². The van der Waals surface area contributed by atoms with Gasteiger partial charge in [0, 0.05) is 7.05 Å². The molecule has 2 amide bonds. The molecule has 3 heterocycles. The van der Waals surface area contributed by atoms with Crippen LogP contribution in [-0.2, 0) is 20.7 Å². The summed E-state index contributed by atoms with van der Waals surface area (Å²) in [5.41, 5.74) is 0.915. The number of aliphatic carboxylic acids is 1. The Labute approximate surface area is 221 Å². The van der Waals surface area contributed by atoms with Crippen molar-refractivity contribution in [2.45, 2.75) is 42.4 Å². The molecule has 2 aliphatic rings. The second-order valence-corrected chi connectivity index (χ2v) is 9.88. The van der Waals surface area contributed by atoms with E-state index in [-0.39, 0.29) is 16.9 Å². The number of aromatic nitrogens is 1. The highest BCUT2D eigenvalue weighted by molar-refractivity contribution is 8.15. The number of likely N-dealkylation sites (N-methyl/N-ethyl adjacent to an activating group) is 1. The number of carbonyl (C=O) groups excluding carboxylic acids is 2. The maximum absolute atomic E-state index is 11.7. The smallest absolute Gasteiger partial charge is 0.335 e. The zero-order chi connectivity index (χ0) is 27.4. The van der Waals surface area contributed by atoms with Crippen LogP contribution in [0.4, 0.5) is 10.6 Å². The number of aliphatic hydroxyl groups excluding tert-OH is 3. The summed E-state index contributed by atoms with van der Waals surface area (Å²) in [5, 5.41) is 40.4. The van der Waals surface area contributed by atoms with Crippen molar-refractivity contribution in [3.63, 3.8) is 0 Å². The van der Waals surface area contributed by atoms with Gasteiger partial charge in [0.1, 0.15) is 42.2 Å². The van der Waals surface area contributed by atoms with E-state index in [9.17, 15) is 29.7 Å². The number of hydrogen-bond acceptors (Lipinski definition) is 12. The number of carbonyl (C=O) groups is 3. The topological polar surface area (TPSA) is 188 Å². The van der Waals surface area contributed by atoms with Crippen LogP contribution in [0.1, 0.15) is 5.56 Å². The Morgan fingerprint density at radius 3 is 2.39 bits per heavy atom. The van der Waals surface area contributed by atoms with Crippen LogP contribution < -0.4 is 19.7 Å². The molecule has 0 spiro atoms. The summed E-state index contributed by atoms with van der Waals surface area (Å²) in [5.74, 6) is -0.381. The molecule has 2 saturated heterocycles. The fraction of sp³-hybridized carbons (Fsp3) is 0.417. The first-order chi connectivity index (χ1) is 18.1. The number of benzene rings is 1. The minimum atomic E-state index is -1.80. The number of nitrogens with zero attached hydrogens (tertiary/aromatic N) is 2. The Bertz CT molecular complexity index is 1150. The summed E-state index contributed by atoms with van der Waals surface area (Å²) < 4.78 is 16.3. The van der Waals surface area contributed by atoms with Gasteiger partial charge >= 0.3 is 5.97 Å². The van der Waals surface area contributed by atoms with Crippen LogP contribution in [0.2, 0.25) is 0 Å². The first kappa shape index (κ1) is 27.6. The average Bonchev–Trinajstić information content (AvgIpc) is 3.21. The summed E-state index contributed by atoms with van der Waals surface area (Å²) in [7, 11) is 1.81. The molecule has 0 aliphatic carbocycles. The zero-order valence-corrected chi connectivity index (χ0v) is 21.0. The lowest BCUT2D eigenvalue weighted by Crippen LogP contribution is -2.61. The van der Waals surface area contributed by atoms with Crippen LogP contribution >= 0.6 is 11.8 Å². The molecule has 13 nitrogen and oxygen atoms in total. The molecule has 38 heavy (non-hydrogen) atoms. The molecule has 14 heteroatoms. The molecular weight excluding hydrogens is 522 g/mol. The average molecular weight is 550 g/mol. The van der Waals surface area contributed by atoms with Gasteiger partial charge < -0.3 is 39.5 Å². The van der Waals surface area contributed by atoms with Gasteiger partial charge in [0.2, 0.25) is 12.2 Å². The highest BCUT2D eigenvalue weighted by Crippen LogP contribution is 2.26. The molecule has 4 rings (SSSR count). The predicted octanol–water partition coefficient (Wildman–Crippen LogP) is -0.238. The van der Waals surface area contributed by atoms with Gasteiger partial charge in [0.05, 0.1) is 18.0 Å². The van der Waals surface area contributed by atoms with Crippen molar-refractivity contribution in [1.82, 2.24) is 10.3 Å². The largest absolute Gasteiger partial charge is 0.492 e. The number of rotatable bonds is 10. The second-order valence-electron chi connectivity index (χ2n) is 8.71. The first-order valence-corrected chi connectivity index (χ1v) is 12.5. The molecule has 204 valence electrons. The summed E-state index contributed by atoms with van der Waals surface area (Å²) in [4.78, 5) is 40.3. The number of ether oxygens (including phenoxy) is 3. The molecule has 0 unspecified atom stereocenters. The zero-order valence-electron chi connectivity index (χ0n) is 20.2.